The predicted molar refractivity (Wildman–Crippen MR) is 71.4 cm³/mol. The van der Waals surface area contributed by atoms with Gasteiger partial charge in [-0.2, -0.15) is 5.10 Å². The Morgan fingerprint density at radius 3 is 2.53 bits per heavy atom. The van der Waals surface area contributed by atoms with Gasteiger partial charge >= 0.3 is 0 Å². The summed E-state index contributed by atoms with van der Waals surface area (Å²) in [5.74, 6) is 2.11. The molecule has 0 fully saturated rings. The van der Waals surface area contributed by atoms with Gasteiger partial charge in [0, 0.05) is 25.4 Å². The molecule has 0 unspecified atom stereocenters. The molecule has 0 spiro atoms. The number of benzene rings is 1. The zero-order valence-electron chi connectivity index (χ0n) is 11.0. The summed E-state index contributed by atoms with van der Waals surface area (Å²) >= 11 is 0. The fraction of sp³-hybridized carbons (Fsp3) is 0.231. The van der Waals surface area contributed by atoms with Crippen LogP contribution < -0.4 is 9.47 Å². The van der Waals surface area contributed by atoms with Crippen molar-refractivity contribution in [3.05, 3.63) is 24.4 Å². The molecular formula is C13H14N4O2. The molecular weight excluding hydrogens is 244 g/mol. The van der Waals surface area contributed by atoms with E-state index in [4.69, 9.17) is 9.47 Å². The Hall–Kier alpha value is -2.50. The fourth-order valence-electron chi connectivity index (χ4n) is 2.06. The van der Waals surface area contributed by atoms with Gasteiger partial charge in [0.05, 0.1) is 25.3 Å². The highest BCUT2D eigenvalue weighted by Gasteiger charge is 2.12. The highest BCUT2D eigenvalue weighted by molar-refractivity contribution is 5.82. The molecule has 1 aromatic carbocycles. The lowest BCUT2D eigenvalue weighted by Crippen LogP contribution is -1.94. The number of aromatic amines is 1. The van der Waals surface area contributed by atoms with E-state index < -0.39 is 0 Å². The van der Waals surface area contributed by atoms with Gasteiger partial charge in [-0.3, -0.25) is 4.68 Å². The maximum atomic E-state index is 5.28. The number of hydrogen-bond acceptors (Lipinski definition) is 4. The van der Waals surface area contributed by atoms with Crippen molar-refractivity contribution in [3.63, 3.8) is 0 Å². The number of nitrogens with one attached hydrogen (secondary N) is 1. The first-order chi connectivity index (χ1) is 9.22. The topological polar surface area (TPSA) is 65.0 Å². The Morgan fingerprint density at radius 1 is 1.16 bits per heavy atom. The summed E-state index contributed by atoms with van der Waals surface area (Å²) < 4.78 is 12.3. The van der Waals surface area contributed by atoms with E-state index in [2.05, 4.69) is 15.1 Å². The molecule has 0 saturated carbocycles. The lowest BCUT2D eigenvalue weighted by molar-refractivity contribution is 0.356. The molecule has 98 valence electrons. The maximum Gasteiger partial charge on any atom is 0.163 e. The Kier molecular flexibility index (Phi) is 2.63. The zero-order chi connectivity index (χ0) is 13.4. The molecule has 3 aromatic rings. The van der Waals surface area contributed by atoms with Crippen LogP contribution in [0.15, 0.2) is 24.4 Å². The van der Waals surface area contributed by atoms with Crippen LogP contribution in [-0.4, -0.2) is 34.0 Å². The zero-order valence-corrected chi connectivity index (χ0v) is 11.0. The summed E-state index contributed by atoms with van der Waals surface area (Å²) in [6, 6.07) is 5.64. The summed E-state index contributed by atoms with van der Waals surface area (Å²) in [4.78, 5) is 7.81. The predicted octanol–water partition coefficient (Wildman–Crippen LogP) is 1.98. The van der Waals surface area contributed by atoms with E-state index >= 15 is 0 Å². The van der Waals surface area contributed by atoms with E-state index in [0.29, 0.717) is 11.5 Å². The molecule has 0 atom stereocenters. The minimum absolute atomic E-state index is 0.665. The van der Waals surface area contributed by atoms with Crippen molar-refractivity contribution in [1.29, 1.82) is 0 Å². The third kappa shape index (κ3) is 1.81. The van der Waals surface area contributed by atoms with Gasteiger partial charge < -0.3 is 14.5 Å². The van der Waals surface area contributed by atoms with E-state index in [1.807, 2.05) is 25.2 Å². The van der Waals surface area contributed by atoms with Crippen molar-refractivity contribution in [2.45, 2.75) is 0 Å². The van der Waals surface area contributed by atoms with Crippen molar-refractivity contribution >= 4 is 11.0 Å². The molecule has 6 nitrogen and oxygen atoms in total. The number of H-pyrrole nitrogens is 1. The SMILES string of the molecule is COc1cc2nc(-c3ccnn3C)[nH]c2cc1OC. The standard InChI is InChI=1S/C13H14N4O2/c1-17-10(4-5-14-17)13-15-8-6-11(18-2)12(19-3)7-9(8)16-13/h4-7H,1-3H3,(H,15,16). The second-order valence-corrected chi connectivity index (χ2v) is 4.15. The molecule has 0 bridgehead atoms. The number of fused-ring (bicyclic) bond motifs is 1. The summed E-state index contributed by atoms with van der Waals surface area (Å²) in [5.41, 5.74) is 2.65. The van der Waals surface area contributed by atoms with Crippen molar-refractivity contribution in [2.24, 2.45) is 7.05 Å². The summed E-state index contributed by atoms with van der Waals surface area (Å²) in [6.07, 6.45) is 1.74. The molecule has 3 rings (SSSR count). The number of methoxy groups -OCH3 is 2. The molecule has 0 aliphatic carbocycles. The van der Waals surface area contributed by atoms with E-state index in [0.717, 1.165) is 22.6 Å². The first-order valence-electron chi connectivity index (χ1n) is 5.83. The van der Waals surface area contributed by atoms with Gasteiger partial charge in [-0.1, -0.05) is 0 Å². The number of aromatic nitrogens is 4. The van der Waals surface area contributed by atoms with Crippen LogP contribution >= 0.6 is 0 Å². The number of hydrogen-bond donors (Lipinski definition) is 1. The smallest absolute Gasteiger partial charge is 0.163 e. The minimum atomic E-state index is 0.665. The van der Waals surface area contributed by atoms with Crippen molar-refractivity contribution in [1.82, 2.24) is 19.7 Å². The van der Waals surface area contributed by atoms with Crippen LogP contribution in [0.1, 0.15) is 0 Å². The molecule has 0 radical (unpaired) electrons. The third-order valence-corrected chi connectivity index (χ3v) is 3.05. The van der Waals surface area contributed by atoms with Gasteiger partial charge in [0.2, 0.25) is 0 Å². The second kappa shape index (κ2) is 4.31. The lowest BCUT2D eigenvalue weighted by atomic mass is 10.3. The molecule has 2 aromatic heterocycles. The van der Waals surface area contributed by atoms with Gasteiger partial charge in [-0.15, -0.1) is 0 Å². The molecule has 0 aliphatic heterocycles. The van der Waals surface area contributed by atoms with Gasteiger partial charge in [-0.05, 0) is 6.07 Å². The average Bonchev–Trinajstić information content (AvgIpc) is 3.01. The second-order valence-electron chi connectivity index (χ2n) is 4.15. The van der Waals surface area contributed by atoms with Crippen LogP contribution in [0.4, 0.5) is 0 Å². The quantitative estimate of drug-likeness (QED) is 0.780. The Morgan fingerprint density at radius 2 is 1.89 bits per heavy atom. The molecule has 2 heterocycles. The fourth-order valence-corrected chi connectivity index (χ4v) is 2.06. The largest absolute Gasteiger partial charge is 0.493 e. The normalized spacial score (nSPS) is 10.9. The van der Waals surface area contributed by atoms with Crippen molar-refractivity contribution in [3.8, 4) is 23.0 Å². The molecule has 0 aliphatic rings. The van der Waals surface area contributed by atoms with Crippen LogP contribution in [0.3, 0.4) is 0 Å². The first kappa shape index (κ1) is 11.6. The molecule has 6 heteroatoms. The molecule has 1 N–H and O–H groups in total. The Bertz CT molecular complexity index is 688. The highest BCUT2D eigenvalue weighted by Crippen LogP contribution is 2.32. The number of rotatable bonds is 3. The first-order valence-corrected chi connectivity index (χ1v) is 5.83. The summed E-state index contributed by atoms with van der Waals surface area (Å²) in [6.45, 7) is 0. The number of imidazole rings is 1. The molecule has 19 heavy (non-hydrogen) atoms. The third-order valence-electron chi connectivity index (χ3n) is 3.05. The van der Waals surface area contributed by atoms with Gasteiger partial charge in [-0.25, -0.2) is 4.98 Å². The van der Waals surface area contributed by atoms with Crippen molar-refractivity contribution in [2.75, 3.05) is 14.2 Å². The van der Waals surface area contributed by atoms with E-state index in [1.165, 1.54) is 0 Å². The van der Waals surface area contributed by atoms with Crippen LogP contribution in [0.25, 0.3) is 22.6 Å². The number of ether oxygens (including phenoxy) is 2. The minimum Gasteiger partial charge on any atom is -0.493 e. The maximum absolute atomic E-state index is 5.28. The van der Waals surface area contributed by atoms with Crippen LogP contribution in [0.5, 0.6) is 11.5 Å². The van der Waals surface area contributed by atoms with E-state index in [9.17, 15) is 0 Å². The van der Waals surface area contributed by atoms with Crippen molar-refractivity contribution < 1.29 is 9.47 Å². The van der Waals surface area contributed by atoms with Crippen LogP contribution in [-0.2, 0) is 7.05 Å². The average molecular weight is 258 g/mol. The van der Waals surface area contributed by atoms with Gasteiger partial charge in [0.1, 0.15) is 5.69 Å². The van der Waals surface area contributed by atoms with E-state index in [-0.39, 0.29) is 0 Å². The monoisotopic (exact) mass is 258 g/mol. The van der Waals surface area contributed by atoms with Crippen LogP contribution in [0, 0.1) is 0 Å². The Labute approximate surface area is 110 Å². The number of aryl methyl sites for hydroxylation is 1. The molecule has 0 saturated heterocycles. The molecule has 0 amide bonds. The highest BCUT2D eigenvalue weighted by atomic mass is 16.5. The van der Waals surface area contributed by atoms with Gasteiger partial charge in [0.15, 0.2) is 17.3 Å². The summed E-state index contributed by atoms with van der Waals surface area (Å²) in [7, 11) is 5.10. The van der Waals surface area contributed by atoms with Crippen LogP contribution in [0.2, 0.25) is 0 Å². The summed E-state index contributed by atoms with van der Waals surface area (Å²) in [5, 5.41) is 4.14. The van der Waals surface area contributed by atoms with Gasteiger partial charge in [0.25, 0.3) is 0 Å². The van der Waals surface area contributed by atoms with E-state index in [1.54, 1.807) is 25.1 Å². The number of nitrogens with zero attached hydrogens (tertiary/aromatic N) is 3. The Balaban J connectivity index is 2.18. The lowest BCUT2D eigenvalue weighted by Gasteiger charge is -2.06.